The quantitative estimate of drug-likeness (QED) is 0.469. The topological polar surface area (TPSA) is 105 Å². The molecule has 3 aromatic rings. The van der Waals surface area contributed by atoms with E-state index >= 15 is 0 Å². The van der Waals surface area contributed by atoms with Crippen LogP contribution in [0.1, 0.15) is 5.69 Å². The Kier molecular flexibility index (Phi) is 5.54. The molecule has 0 radical (unpaired) electrons. The van der Waals surface area contributed by atoms with Crippen molar-refractivity contribution < 1.29 is 9.66 Å². The summed E-state index contributed by atoms with van der Waals surface area (Å²) < 4.78 is 5.13. The SMILES string of the molecule is COc1ccc(NNc2nc(C)c([N+](=O)[O-])c(N(C)c3ccccc3)n2)cc1. The van der Waals surface area contributed by atoms with E-state index in [9.17, 15) is 10.1 Å². The molecular weight excluding hydrogens is 360 g/mol. The molecule has 9 heteroatoms. The highest BCUT2D eigenvalue weighted by molar-refractivity contribution is 5.70. The summed E-state index contributed by atoms with van der Waals surface area (Å²) in [7, 11) is 3.32. The lowest BCUT2D eigenvalue weighted by molar-refractivity contribution is -0.385. The van der Waals surface area contributed by atoms with Crippen molar-refractivity contribution in [1.29, 1.82) is 0 Å². The van der Waals surface area contributed by atoms with E-state index in [2.05, 4.69) is 20.8 Å². The molecule has 0 amide bonds. The number of rotatable bonds is 7. The molecule has 144 valence electrons. The second-order valence-electron chi connectivity index (χ2n) is 5.94. The number of para-hydroxylation sites is 1. The van der Waals surface area contributed by atoms with Gasteiger partial charge in [0.05, 0.1) is 17.7 Å². The van der Waals surface area contributed by atoms with E-state index in [0.717, 1.165) is 17.1 Å². The van der Waals surface area contributed by atoms with Crippen molar-refractivity contribution in [2.45, 2.75) is 6.92 Å². The zero-order valence-electron chi connectivity index (χ0n) is 15.7. The average Bonchev–Trinajstić information content (AvgIpc) is 2.72. The van der Waals surface area contributed by atoms with Crippen LogP contribution in [0.5, 0.6) is 5.75 Å². The van der Waals surface area contributed by atoms with Gasteiger partial charge < -0.3 is 9.64 Å². The van der Waals surface area contributed by atoms with Crippen molar-refractivity contribution in [3.8, 4) is 5.75 Å². The molecule has 0 saturated heterocycles. The third-order valence-corrected chi connectivity index (χ3v) is 4.09. The van der Waals surface area contributed by atoms with E-state index in [1.165, 1.54) is 0 Å². The fourth-order valence-corrected chi connectivity index (χ4v) is 2.63. The molecule has 9 nitrogen and oxygen atoms in total. The number of hydrazine groups is 1. The minimum Gasteiger partial charge on any atom is -0.497 e. The normalized spacial score (nSPS) is 10.2. The van der Waals surface area contributed by atoms with Gasteiger partial charge in [-0.25, -0.2) is 4.98 Å². The Labute approximate surface area is 162 Å². The Bertz CT molecular complexity index is 963. The molecule has 0 aliphatic carbocycles. The zero-order valence-corrected chi connectivity index (χ0v) is 15.7. The molecule has 2 N–H and O–H groups in total. The summed E-state index contributed by atoms with van der Waals surface area (Å²) in [5.74, 6) is 1.15. The van der Waals surface area contributed by atoms with Gasteiger partial charge in [-0.2, -0.15) is 4.98 Å². The van der Waals surface area contributed by atoms with E-state index in [0.29, 0.717) is 0 Å². The molecule has 2 aromatic carbocycles. The van der Waals surface area contributed by atoms with E-state index in [-0.39, 0.29) is 23.1 Å². The zero-order chi connectivity index (χ0) is 20.1. The number of anilines is 4. The number of ether oxygens (including phenoxy) is 1. The maximum atomic E-state index is 11.6. The first-order chi connectivity index (χ1) is 13.5. The van der Waals surface area contributed by atoms with Gasteiger partial charge in [0.2, 0.25) is 11.8 Å². The lowest BCUT2D eigenvalue weighted by Gasteiger charge is -2.19. The second-order valence-corrected chi connectivity index (χ2v) is 5.94. The molecule has 0 fully saturated rings. The molecule has 28 heavy (non-hydrogen) atoms. The maximum Gasteiger partial charge on any atom is 0.333 e. The van der Waals surface area contributed by atoms with E-state index in [1.807, 2.05) is 42.5 Å². The summed E-state index contributed by atoms with van der Waals surface area (Å²) in [6, 6.07) is 16.5. The molecule has 0 bridgehead atoms. The number of nitrogens with zero attached hydrogens (tertiary/aromatic N) is 4. The predicted octanol–water partition coefficient (Wildman–Crippen LogP) is 3.91. The van der Waals surface area contributed by atoms with Gasteiger partial charge in [0, 0.05) is 12.7 Å². The Hall–Kier alpha value is -3.88. The van der Waals surface area contributed by atoms with Gasteiger partial charge in [-0.3, -0.25) is 21.0 Å². The first kappa shape index (κ1) is 18.9. The van der Waals surface area contributed by atoms with Gasteiger partial charge in [-0.1, -0.05) is 18.2 Å². The Morgan fingerprint density at radius 3 is 2.32 bits per heavy atom. The van der Waals surface area contributed by atoms with Crippen molar-refractivity contribution in [3.05, 3.63) is 70.4 Å². The number of hydrogen-bond acceptors (Lipinski definition) is 8. The van der Waals surface area contributed by atoms with Crippen LogP contribution >= 0.6 is 0 Å². The van der Waals surface area contributed by atoms with E-state index in [1.54, 1.807) is 38.1 Å². The Morgan fingerprint density at radius 2 is 1.71 bits per heavy atom. The molecule has 0 spiro atoms. The van der Waals surface area contributed by atoms with Gasteiger partial charge >= 0.3 is 5.69 Å². The number of methoxy groups -OCH3 is 1. The van der Waals surface area contributed by atoms with Gasteiger partial charge in [-0.15, -0.1) is 0 Å². The van der Waals surface area contributed by atoms with Gasteiger partial charge in [-0.05, 0) is 43.3 Å². The van der Waals surface area contributed by atoms with Crippen LogP contribution in [-0.2, 0) is 0 Å². The first-order valence-electron chi connectivity index (χ1n) is 8.47. The van der Waals surface area contributed by atoms with Crippen molar-refractivity contribution in [1.82, 2.24) is 9.97 Å². The van der Waals surface area contributed by atoms with E-state index < -0.39 is 4.92 Å². The monoisotopic (exact) mass is 380 g/mol. The lowest BCUT2D eigenvalue weighted by atomic mass is 10.2. The van der Waals surface area contributed by atoms with Crippen molar-refractivity contribution in [2.24, 2.45) is 0 Å². The summed E-state index contributed by atoms with van der Waals surface area (Å²) >= 11 is 0. The van der Waals surface area contributed by atoms with E-state index in [4.69, 9.17) is 4.74 Å². The van der Waals surface area contributed by atoms with Gasteiger partial charge in [0.25, 0.3) is 0 Å². The lowest BCUT2D eigenvalue weighted by Crippen LogP contribution is -2.18. The molecule has 1 aromatic heterocycles. The Balaban J connectivity index is 1.90. The van der Waals surface area contributed by atoms with Crippen LogP contribution in [0.3, 0.4) is 0 Å². The fraction of sp³-hybridized carbons (Fsp3) is 0.158. The third kappa shape index (κ3) is 4.09. The number of aromatic nitrogens is 2. The summed E-state index contributed by atoms with van der Waals surface area (Å²) in [6.45, 7) is 1.58. The minimum absolute atomic E-state index is 0.138. The molecule has 0 aliphatic heterocycles. The number of aryl methyl sites for hydroxylation is 1. The van der Waals surface area contributed by atoms with Crippen molar-refractivity contribution >= 4 is 28.8 Å². The molecule has 0 unspecified atom stereocenters. The molecule has 0 aliphatic rings. The summed E-state index contributed by atoms with van der Waals surface area (Å²) in [6.07, 6.45) is 0. The highest BCUT2D eigenvalue weighted by Crippen LogP contribution is 2.33. The van der Waals surface area contributed by atoms with Crippen LogP contribution in [0.25, 0.3) is 0 Å². The van der Waals surface area contributed by atoms with Gasteiger partial charge in [0.1, 0.15) is 11.4 Å². The number of hydrogen-bond donors (Lipinski definition) is 2. The van der Waals surface area contributed by atoms with Crippen LogP contribution in [0.2, 0.25) is 0 Å². The minimum atomic E-state index is -0.467. The van der Waals surface area contributed by atoms with Crippen LogP contribution in [0.4, 0.5) is 28.8 Å². The highest BCUT2D eigenvalue weighted by atomic mass is 16.6. The Morgan fingerprint density at radius 1 is 1.04 bits per heavy atom. The van der Waals surface area contributed by atoms with Crippen LogP contribution < -0.4 is 20.5 Å². The third-order valence-electron chi connectivity index (χ3n) is 4.09. The van der Waals surface area contributed by atoms with Crippen LogP contribution in [0.15, 0.2) is 54.6 Å². The molecular formula is C19H20N6O3. The number of nitro groups is 1. The van der Waals surface area contributed by atoms with Crippen LogP contribution in [-0.4, -0.2) is 29.0 Å². The summed E-state index contributed by atoms with van der Waals surface area (Å²) in [4.78, 5) is 21.3. The molecule has 1 heterocycles. The largest absolute Gasteiger partial charge is 0.497 e. The molecule has 0 saturated carbocycles. The van der Waals surface area contributed by atoms with Crippen molar-refractivity contribution in [2.75, 3.05) is 29.9 Å². The predicted molar refractivity (Wildman–Crippen MR) is 108 cm³/mol. The number of nitrogens with one attached hydrogen (secondary N) is 2. The summed E-state index contributed by atoms with van der Waals surface area (Å²) in [5.41, 5.74) is 7.53. The number of benzene rings is 2. The second kappa shape index (κ2) is 8.21. The van der Waals surface area contributed by atoms with Crippen LogP contribution in [0, 0.1) is 17.0 Å². The van der Waals surface area contributed by atoms with Crippen molar-refractivity contribution in [3.63, 3.8) is 0 Å². The average molecular weight is 380 g/mol. The first-order valence-corrected chi connectivity index (χ1v) is 8.47. The molecule has 0 atom stereocenters. The standard InChI is InChI=1S/C19H20N6O3/c1-13-17(25(26)27)18(24(2)15-7-5-4-6-8-15)21-19(20-13)23-22-14-9-11-16(28-3)12-10-14/h4-12,22H,1-3H3,(H,20,21,23). The summed E-state index contributed by atoms with van der Waals surface area (Å²) in [5, 5.41) is 11.6. The highest BCUT2D eigenvalue weighted by Gasteiger charge is 2.25. The smallest absolute Gasteiger partial charge is 0.333 e. The molecule has 3 rings (SSSR count). The maximum absolute atomic E-state index is 11.6. The van der Waals surface area contributed by atoms with Gasteiger partial charge in [0.15, 0.2) is 0 Å². The fourth-order valence-electron chi connectivity index (χ4n) is 2.63.